The molecule has 4 nitrogen and oxygen atoms in total. The predicted molar refractivity (Wildman–Crippen MR) is 74.2 cm³/mol. The van der Waals surface area contributed by atoms with Crippen LogP contribution in [-0.2, 0) is 16.0 Å². The average Bonchev–Trinajstić information content (AvgIpc) is 2.83. The molecule has 0 radical (unpaired) electrons. The molecule has 4 heteroatoms. The molecule has 1 atom stereocenters. The fourth-order valence-electron chi connectivity index (χ4n) is 2.79. The van der Waals surface area contributed by atoms with Crippen LogP contribution in [0.5, 0.6) is 0 Å². The maximum Gasteiger partial charge on any atom is 0.243 e. The minimum Gasteiger partial charge on any atom is -0.381 e. The number of ether oxygens (including phenoxy) is 1. The molecular formula is C15H20N2O2. The average molecular weight is 260 g/mol. The van der Waals surface area contributed by atoms with Crippen molar-refractivity contribution in [1.82, 2.24) is 5.32 Å². The van der Waals surface area contributed by atoms with E-state index < -0.39 is 0 Å². The number of anilines is 1. The second-order valence-corrected chi connectivity index (χ2v) is 5.72. The highest BCUT2D eigenvalue weighted by Crippen LogP contribution is 2.26. The summed E-state index contributed by atoms with van der Waals surface area (Å²) in [5.74, 6) is 0.0978. The number of rotatable bonds is 2. The highest BCUT2D eigenvalue weighted by Gasteiger charge is 2.33. The summed E-state index contributed by atoms with van der Waals surface area (Å²) in [6.45, 7) is 3.57. The van der Waals surface area contributed by atoms with Crippen LogP contribution in [0.15, 0.2) is 24.3 Å². The largest absolute Gasteiger partial charge is 0.381 e. The summed E-state index contributed by atoms with van der Waals surface area (Å²) in [6.07, 6.45) is 2.55. The van der Waals surface area contributed by atoms with Gasteiger partial charge in [-0.2, -0.15) is 0 Å². The Labute approximate surface area is 113 Å². The highest BCUT2D eigenvalue weighted by molar-refractivity contribution is 5.87. The topological polar surface area (TPSA) is 50.4 Å². The molecule has 0 aliphatic carbocycles. The van der Waals surface area contributed by atoms with Crippen LogP contribution >= 0.6 is 0 Å². The molecule has 1 aromatic carbocycles. The molecule has 1 unspecified atom stereocenters. The molecule has 2 aliphatic rings. The Kier molecular flexibility index (Phi) is 3.19. The molecule has 2 heterocycles. The Balaban J connectivity index is 1.63. The van der Waals surface area contributed by atoms with Crippen LogP contribution in [0.1, 0.15) is 25.3 Å². The second-order valence-electron chi connectivity index (χ2n) is 5.72. The van der Waals surface area contributed by atoms with Gasteiger partial charge in [-0.3, -0.25) is 4.79 Å². The quantitative estimate of drug-likeness (QED) is 0.851. The summed E-state index contributed by atoms with van der Waals surface area (Å²) in [5, 5.41) is 6.49. The molecule has 1 amide bonds. The molecule has 1 fully saturated rings. The zero-order valence-corrected chi connectivity index (χ0v) is 11.2. The van der Waals surface area contributed by atoms with Crippen LogP contribution < -0.4 is 10.6 Å². The van der Waals surface area contributed by atoms with Gasteiger partial charge in [0.25, 0.3) is 0 Å². The summed E-state index contributed by atoms with van der Waals surface area (Å²) in [5.41, 5.74) is 2.19. The number of hydrogen-bond donors (Lipinski definition) is 2. The van der Waals surface area contributed by atoms with E-state index in [1.165, 1.54) is 5.56 Å². The van der Waals surface area contributed by atoms with Crippen molar-refractivity contribution in [2.45, 2.75) is 37.8 Å². The van der Waals surface area contributed by atoms with Crippen LogP contribution in [0.2, 0.25) is 0 Å². The van der Waals surface area contributed by atoms with E-state index in [2.05, 4.69) is 23.6 Å². The maximum absolute atomic E-state index is 12.4. The molecule has 0 spiro atoms. The lowest BCUT2D eigenvalue weighted by molar-refractivity contribution is -0.124. The molecule has 19 heavy (non-hydrogen) atoms. The third-order valence-electron chi connectivity index (χ3n) is 4.11. The molecule has 102 valence electrons. The number of hydrogen-bond acceptors (Lipinski definition) is 3. The number of carbonyl (C=O) groups is 1. The van der Waals surface area contributed by atoms with E-state index in [9.17, 15) is 4.79 Å². The zero-order chi connectivity index (χ0) is 13.3. The summed E-state index contributed by atoms with van der Waals surface area (Å²) < 4.78 is 5.36. The number of carbonyl (C=O) groups excluding carboxylic acids is 1. The van der Waals surface area contributed by atoms with Crippen LogP contribution in [0.3, 0.4) is 0 Å². The molecule has 0 saturated carbocycles. The van der Waals surface area contributed by atoms with Crippen molar-refractivity contribution in [3.05, 3.63) is 29.8 Å². The lowest BCUT2D eigenvalue weighted by atomic mass is 9.92. The first-order chi connectivity index (χ1) is 9.16. The van der Waals surface area contributed by atoms with Crippen molar-refractivity contribution < 1.29 is 9.53 Å². The summed E-state index contributed by atoms with van der Waals surface area (Å²) in [6, 6.07) is 7.97. The second kappa shape index (κ2) is 4.85. The molecule has 0 aromatic heterocycles. The number of para-hydroxylation sites is 1. The van der Waals surface area contributed by atoms with Gasteiger partial charge in [0.15, 0.2) is 0 Å². The number of nitrogens with one attached hydrogen (secondary N) is 2. The summed E-state index contributed by atoms with van der Waals surface area (Å²) in [4.78, 5) is 12.4. The van der Waals surface area contributed by atoms with E-state index in [1.807, 2.05) is 18.2 Å². The number of fused-ring (bicyclic) bond motifs is 1. The third-order valence-corrected chi connectivity index (χ3v) is 4.11. The maximum atomic E-state index is 12.4. The Bertz CT molecular complexity index is 456. The first kappa shape index (κ1) is 12.5. The Morgan fingerprint density at radius 1 is 1.37 bits per heavy atom. The lowest BCUT2D eigenvalue weighted by Crippen LogP contribution is -2.53. The molecule has 1 aromatic rings. The molecule has 2 N–H and O–H groups in total. The van der Waals surface area contributed by atoms with Crippen molar-refractivity contribution in [2.75, 3.05) is 18.5 Å². The molecule has 2 aliphatic heterocycles. The van der Waals surface area contributed by atoms with Gasteiger partial charge in [0, 0.05) is 30.9 Å². The van der Waals surface area contributed by atoms with Gasteiger partial charge in [0.1, 0.15) is 6.04 Å². The Morgan fingerprint density at radius 3 is 2.84 bits per heavy atom. The number of amides is 1. The van der Waals surface area contributed by atoms with Crippen LogP contribution in [0.4, 0.5) is 5.69 Å². The van der Waals surface area contributed by atoms with Gasteiger partial charge in [-0.15, -0.1) is 0 Å². The van der Waals surface area contributed by atoms with Gasteiger partial charge in [-0.05, 0) is 31.4 Å². The minimum absolute atomic E-state index is 0.0978. The number of benzene rings is 1. The molecule has 0 bridgehead atoms. The molecule has 3 rings (SSSR count). The van der Waals surface area contributed by atoms with E-state index in [0.29, 0.717) is 0 Å². The Hall–Kier alpha value is -1.55. The zero-order valence-electron chi connectivity index (χ0n) is 11.2. The van der Waals surface area contributed by atoms with Gasteiger partial charge in [0.2, 0.25) is 5.91 Å². The van der Waals surface area contributed by atoms with Crippen molar-refractivity contribution >= 4 is 11.6 Å². The van der Waals surface area contributed by atoms with Crippen molar-refractivity contribution in [1.29, 1.82) is 0 Å². The summed E-state index contributed by atoms with van der Waals surface area (Å²) in [7, 11) is 0. The van der Waals surface area contributed by atoms with Crippen molar-refractivity contribution in [2.24, 2.45) is 0 Å². The summed E-state index contributed by atoms with van der Waals surface area (Å²) >= 11 is 0. The molecular weight excluding hydrogens is 240 g/mol. The van der Waals surface area contributed by atoms with Crippen LogP contribution in [0, 0.1) is 0 Å². The first-order valence-electron chi connectivity index (χ1n) is 6.91. The van der Waals surface area contributed by atoms with E-state index in [-0.39, 0.29) is 17.5 Å². The fraction of sp³-hybridized carbons (Fsp3) is 0.533. The lowest BCUT2D eigenvalue weighted by Gasteiger charge is -2.35. The standard InChI is InChI=1S/C15H20N2O2/c1-15(6-8-19-9-7-15)17-14(18)13-10-11-4-2-3-5-12(11)16-13/h2-5,13,16H,6-10H2,1H3,(H,17,18). The minimum atomic E-state index is -0.142. The van der Waals surface area contributed by atoms with E-state index >= 15 is 0 Å². The van der Waals surface area contributed by atoms with E-state index in [1.54, 1.807) is 0 Å². The SMILES string of the molecule is CC1(NC(=O)C2Cc3ccccc3N2)CCOCC1. The van der Waals surface area contributed by atoms with Gasteiger partial charge < -0.3 is 15.4 Å². The first-order valence-corrected chi connectivity index (χ1v) is 6.91. The van der Waals surface area contributed by atoms with E-state index in [4.69, 9.17) is 4.74 Å². The highest BCUT2D eigenvalue weighted by atomic mass is 16.5. The third kappa shape index (κ3) is 2.59. The van der Waals surface area contributed by atoms with Crippen molar-refractivity contribution in [3.63, 3.8) is 0 Å². The normalized spacial score (nSPS) is 24.4. The van der Waals surface area contributed by atoms with Gasteiger partial charge in [-0.1, -0.05) is 18.2 Å². The van der Waals surface area contributed by atoms with Gasteiger partial charge in [0.05, 0.1) is 0 Å². The monoisotopic (exact) mass is 260 g/mol. The van der Waals surface area contributed by atoms with E-state index in [0.717, 1.165) is 38.2 Å². The molecule has 1 saturated heterocycles. The van der Waals surface area contributed by atoms with Gasteiger partial charge in [-0.25, -0.2) is 0 Å². The predicted octanol–water partition coefficient (Wildman–Crippen LogP) is 1.71. The smallest absolute Gasteiger partial charge is 0.243 e. The van der Waals surface area contributed by atoms with Gasteiger partial charge >= 0.3 is 0 Å². The Morgan fingerprint density at radius 2 is 2.11 bits per heavy atom. The fourth-order valence-corrected chi connectivity index (χ4v) is 2.79. The van der Waals surface area contributed by atoms with Crippen LogP contribution in [-0.4, -0.2) is 30.7 Å². The van der Waals surface area contributed by atoms with Crippen LogP contribution in [0.25, 0.3) is 0 Å². The van der Waals surface area contributed by atoms with Crippen molar-refractivity contribution in [3.8, 4) is 0 Å².